The van der Waals surface area contributed by atoms with Crippen LogP contribution in [-0.2, 0) is 9.53 Å². The number of hydrogen-bond donors (Lipinski definition) is 2. The van der Waals surface area contributed by atoms with Crippen molar-refractivity contribution >= 4 is 57.3 Å². The largest absolute Gasteiger partial charge is 0.462 e. The van der Waals surface area contributed by atoms with Gasteiger partial charge in [-0.1, -0.05) is 66.7 Å². The zero-order valence-electron chi connectivity index (χ0n) is 24.0. The quantitative estimate of drug-likeness (QED) is 0.0646. The van der Waals surface area contributed by atoms with E-state index >= 15 is 0 Å². The molecule has 226 valence electrons. The molecule has 5 aromatic rings. The Morgan fingerprint density at radius 3 is 2.24 bits per heavy atom. The number of amides is 2. The lowest BCUT2D eigenvalue weighted by Crippen LogP contribution is -2.20. The molecule has 1 aromatic heterocycles. The maximum atomic E-state index is 13.9. The highest BCUT2D eigenvalue weighted by Gasteiger charge is 2.27. The monoisotopic (exact) mass is 637 g/mol. The molecule has 4 aromatic carbocycles. The number of anilines is 2. The van der Waals surface area contributed by atoms with E-state index in [4.69, 9.17) is 4.74 Å². The average Bonchev–Trinajstić information content (AvgIpc) is 3.48. The van der Waals surface area contributed by atoms with E-state index in [1.54, 1.807) is 25.1 Å². The Morgan fingerprint density at radius 1 is 0.889 bits per heavy atom. The van der Waals surface area contributed by atoms with Gasteiger partial charge in [-0.3, -0.25) is 19.7 Å². The Labute approximate surface area is 267 Å². The summed E-state index contributed by atoms with van der Waals surface area (Å²) in [5.74, 6) is -1.28. The van der Waals surface area contributed by atoms with Gasteiger partial charge in [0.2, 0.25) is 5.91 Å². The minimum absolute atomic E-state index is 0.108. The van der Waals surface area contributed by atoms with Gasteiger partial charge in [-0.05, 0) is 48.4 Å². The lowest BCUT2D eigenvalue weighted by molar-refractivity contribution is -0.384. The van der Waals surface area contributed by atoms with Crippen molar-refractivity contribution < 1.29 is 24.0 Å². The summed E-state index contributed by atoms with van der Waals surface area (Å²) >= 11 is 2.54. The van der Waals surface area contributed by atoms with E-state index in [1.807, 2.05) is 72.1 Å². The van der Waals surface area contributed by atoms with Crippen LogP contribution in [0.1, 0.15) is 38.5 Å². The van der Waals surface area contributed by atoms with Crippen LogP contribution in [0, 0.1) is 10.1 Å². The van der Waals surface area contributed by atoms with Crippen LogP contribution in [0.4, 0.5) is 16.4 Å². The van der Waals surface area contributed by atoms with Crippen LogP contribution in [-0.4, -0.2) is 29.3 Å². The van der Waals surface area contributed by atoms with Crippen LogP contribution in [0.15, 0.2) is 119 Å². The first-order chi connectivity index (χ1) is 21.8. The highest BCUT2D eigenvalue weighted by Crippen LogP contribution is 2.40. The Kier molecular flexibility index (Phi) is 10.0. The van der Waals surface area contributed by atoms with E-state index in [0.717, 1.165) is 11.1 Å². The van der Waals surface area contributed by atoms with Crippen molar-refractivity contribution in [3.63, 3.8) is 0 Å². The van der Waals surface area contributed by atoms with E-state index in [9.17, 15) is 24.5 Å². The first-order valence-corrected chi connectivity index (χ1v) is 15.6. The second kappa shape index (κ2) is 14.5. The molecule has 1 unspecified atom stereocenters. The van der Waals surface area contributed by atoms with Crippen molar-refractivity contribution in [3.8, 4) is 11.1 Å². The number of nitro benzene ring substituents is 1. The van der Waals surface area contributed by atoms with Crippen molar-refractivity contribution in [2.75, 3.05) is 17.2 Å². The van der Waals surface area contributed by atoms with Crippen molar-refractivity contribution in [1.82, 2.24) is 0 Å². The van der Waals surface area contributed by atoms with Crippen molar-refractivity contribution in [3.05, 3.63) is 141 Å². The molecule has 0 aliphatic carbocycles. The molecule has 0 spiro atoms. The van der Waals surface area contributed by atoms with Gasteiger partial charge in [0.1, 0.15) is 15.8 Å². The van der Waals surface area contributed by atoms with Gasteiger partial charge in [0.25, 0.3) is 11.6 Å². The first kappa shape index (κ1) is 31.2. The van der Waals surface area contributed by atoms with E-state index in [-0.39, 0.29) is 23.8 Å². The summed E-state index contributed by atoms with van der Waals surface area (Å²) < 4.78 is 5.35. The number of thiophene rings is 1. The van der Waals surface area contributed by atoms with E-state index in [2.05, 4.69) is 10.6 Å². The van der Waals surface area contributed by atoms with Crippen LogP contribution >= 0.6 is 23.1 Å². The Hall–Kier alpha value is -5.26. The van der Waals surface area contributed by atoms with Gasteiger partial charge in [0, 0.05) is 39.2 Å². The van der Waals surface area contributed by atoms with Crippen LogP contribution < -0.4 is 10.6 Å². The molecule has 2 N–H and O–H groups in total. The third-order valence-electron chi connectivity index (χ3n) is 6.62. The number of esters is 1. The number of carbonyl (C=O) groups is 3. The summed E-state index contributed by atoms with van der Waals surface area (Å²) in [5, 5.41) is 18.2. The number of carbonyl (C=O) groups excluding carboxylic acids is 3. The number of thioether (sulfide) groups is 1. The number of hydrogen-bond acceptors (Lipinski definition) is 8. The van der Waals surface area contributed by atoms with Gasteiger partial charge >= 0.3 is 5.97 Å². The smallest absolute Gasteiger partial charge is 0.341 e. The van der Waals surface area contributed by atoms with E-state index in [1.165, 1.54) is 47.4 Å². The minimum atomic E-state index is -0.704. The first-order valence-electron chi connectivity index (χ1n) is 13.9. The van der Waals surface area contributed by atoms with Crippen LogP contribution in [0.5, 0.6) is 0 Å². The second-order valence-corrected chi connectivity index (χ2v) is 11.7. The van der Waals surface area contributed by atoms with E-state index in [0.29, 0.717) is 26.7 Å². The summed E-state index contributed by atoms with van der Waals surface area (Å²) in [5.41, 5.74) is 3.21. The molecule has 0 aliphatic rings. The van der Waals surface area contributed by atoms with Crippen molar-refractivity contribution in [2.45, 2.75) is 17.1 Å². The molecule has 0 fully saturated rings. The molecule has 45 heavy (non-hydrogen) atoms. The van der Waals surface area contributed by atoms with Crippen LogP contribution in [0.2, 0.25) is 0 Å². The molecule has 0 saturated carbocycles. The predicted octanol–water partition coefficient (Wildman–Crippen LogP) is 8.22. The molecule has 1 heterocycles. The van der Waals surface area contributed by atoms with Gasteiger partial charge < -0.3 is 15.4 Å². The van der Waals surface area contributed by atoms with Gasteiger partial charge in [-0.25, -0.2) is 4.79 Å². The SMILES string of the molecule is CCOC(=O)c1c(-c2ccccc2)csc1NC(=O)C(Sc1cccc(NC(=O)c2ccc([N+](=O)[O-])cc2)c1)c1ccccc1. The fourth-order valence-electron chi connectivity index (χ4n) is 4.49. The normalized spacial score (nSPS) is 11.3. The topological polar surface area (TPSA) is 128 Å². The minimum Gasteiger partial charge on any atom is -0.462 e. The number of nitrogens with one attached hydrogen (secondary N) is 2. The molecule has 11 heteroatoms. The Balaban J connectivity index is 1.39. The van der Waals surface area contributed by atoms with E-state index < -0.39 is 22.0 Å². The summed E-state index contributed by atoms with van der Waals surface area (Å²) in [6.07, 6.45) is 0. The average molecular weight is 638 g/mol. The van der Waals surface area contributed by atoms with Crippen LogP contribution in [0.25, 0.3) is 11.1 Å². The maximum Gasteiger partial charge on any atom is 0.341 e. The fraction of sp³-hybridized carbons (Fsp3) is 0.0882. The molecule has 0 bridgehead atoms. The maximum absolute atomic E-state index is 13.9. The highest BCUT2D eigenvalue weighted by molar-refractivity contribution is 8.00. The standard InChI is InChI=1S/C34H27N3O6S2/c1-2-43-34(40)29-28(22-10-5-3-6-11-22)21-44-33(29)36-32(39)30(23-12-7-4-8-13-23)45-27-15-9-14-25(20-27)35-31(38)24-16-18-26(19-17-24)37(41)42/h3-21,30H,2H2,1H3,(H,35,38)(H,36,39). The van der Waals surface area contributed by atoms with Crippen molar-refractivity contribution in [1.29, 1.82) is 0 Å². The van der Waals surface area contributed by atoms with Crippen LogP contribution in [0.3, 0.4) is 0 Å². The Morgan fingerprint density at radius 2 is 1.58 bits per heavy atom. The third-order valence-corrected chi connectivity index (χ3v) is 8.76. The molecule has 0 aliphatic heterocycles. The number of non-ortho nitro benzene ring substituents is 1. The molecule has 9 nitrogen and oxygen atoms in total. The number of ether oxygens (including phenoxy) is 1. The molecular weight excluding hydrogens is 611 g/mol. The molecule has 0 radical (unpaired) electrons. The summed E-state index contributed by atoms with van der Waals surface area (Å²) in [6, 6.07) is 31.1. The molecule has 2 amide bonds. The number of nitrogens with zero attached hydrogens (tertiary/aromatic N) is 1. The molecular formula is C34H27N3O6S2. The highest BCUT2D eigenvalue weighted by atomic mass is 32.2. The predicted molar refractivity (Wildman–Crippen MR) is 177 cm³/mol. The van der Waals surface area contributed by atoms with Gasteiger partial charge in [-0.2, -0.15) is 0 Å². The van der Waals surface area contributed by atoms with Gasteiger partial charge in [0.15, 0.2) is 0 Å². The number of nitro groups is 1. The zero-order chi connectivity index (χ0) is 31.8. The van der Waals surface area contributed by atoms with Gasteiger partial charge in [-0.15, -0.1) is 23.1 Å². The summed E-state index contributed by atoms with van der Waals surface area (Å²) in [7, 11) is 0. The fourth-order valence-corrected chi connectivity index (χ4v) is 6.53. The molecule has 1 atom stereocenters. The molecule has 0 saturated heterocycles. The lowest BCUT2D eigenvalue weighted by Gasteiger charge is -2.18. The summed E-state index contributed by atoms with van der Waals surface area (Å²) in [4.78, 5) is 50.9. The summed E-state index contributed by atoms with van der Waals surface area (Å²) in [6.45, 7) is 1.92. The van der Waals surface area contributed by atoms with Crippen molar-refractivity contribution in [2.24, 2.45) is 0 Å². The number of rotatable bonds is 11. The Bertz CT molecular complexity index is 1830. The second-order valence-electron chi connectivity index (χ2n) is 9.62. The molecule has 5 rings (SSSR count). The zero-order valence-corrected chi connectivity index (χ0v) is 25.6. The lowest BCUT2D eigenvalue weighted by atomic mass is 10.0. The van der Waals surface area contributed by atoms with Gasteiger partial charge in [0.05, 0.1) is 11.5 Å². The number of benzene rings is 4. The third kappa shape index (κ3) is 7.64.